The lowest BCUT2D eigenvalue weighted by Gasteiger charge is -2.19. The molecule has 0 radical (unpaired) electrons. The van der Waals surface area contributed by atoms with Crippen LogP contribution in [0.4, 0.5) is 23.7 Å². The van der Waals surface area contributed by atoms with Crippen molar-refractivity contribution in [1.82, 2.24) is 4.98 Å². The minimum atomic E-state index is -4.48. The number of rotatable bonds is 3. The zero-order chi connectivity index (χ0) is 18.7. The topological polar surface area (TPSA) is 42.4 Å². The van der Waals surface area contributed by atoms with Crippen LogP contribution in [0, 0.1) is 0 Å². The van der Waals surface area contributed by atoms with E-state index in [1.807, 2.05) is 30.3 Å². The Balaban J connectivity index is 1.87. The fourth-order valence-corrected chi connectivity index (χ4v) is 2.52. The van der Waals surface area contributed by atoms with Crippen molar-refractivity contribution in [3.8, 4) is 0 Å². The highest BCUT2D eigenvalue weighted by Gasteiger charge is 2.31. The van der Waals surface area contributed by atoms with E-state index in [0.29, 0.717) is 11.2 Å². The Bertz CT molecular complexity index is 927. The van der Waals surface area contributed by atoms with Crippen LogP contribution in [0.15, 0.2) is 60.8 Å². The Morgan fingerprint density at radius 1 is 1.12 bits per heavy atom. The summed E-state index contributed by atoms with van der Waals surface area (Å²) in [6.07, 6.45) is -3.71. The predicted octanol–water partition coefficient (Wildman–Crippen LogP) is 5.03. The number of hydrogen-bond acceptors (Lipinski definition) is 3. The lowest BCUT2D eigenvalue weighted by Crippen LogP contribution is -2.27. The van der Waals surface area contributed by atoms with Crippen molar-refractivity contribution in [1.29, 1.82) is 0 Å². The predicted molar refractivity (Wildman–Crippen MR) is 91.8 cm³/mol. The molecule has 0 unspecified atom stereocenters. The maximum Gasteiger partial charge on any atom is 0.416 e. The van der Waals surface area contributed by atoms with E-state index in [0.717, 1.165) is 17.7 Å². The van der Waals surface area contributed by atoms with Gasteiger partial charge in [0.15, 0.2) is 0 Å². The molecule has 0 bridgehead atoms. The number of fused-ring (bicyclic) bond motifs is 1. The summed E-state index contributed by atoms with van der Waals surface area (Å²) in [5.74, 6) is 0. The van der Waals surface area contributed by atoms with Crippen molar-refractivity contribution in [3.05, 3.63) is 71.9 Å². The van der Waals surface area contributed by atoms with Crippen LogP contribution in [0.25, 0.3) is 10.9 Å². The molecule has 0 saturated heterocycles. The molecule has 1 aromatic heterocycles. The summed E-state index contributed by atoms with van der Waals surface area (Å²) in [5, 5.41) is 0.224. The molecule has 0 fully saturated rings. The average molecular weight is 360 g/mol. The normalized spacial score (nSPS) is 11.4. The summed E-state index contributed by atoms with van der Waals surface area (Å²) < 4.78 is 44.2. The van der Waals surface area contributed by atoms with Gasteiger partial charge in [-0.05, 0) is 29.8 Å². The van der Waals surface area contributed by atoms with E-state index >= 15 is 0 Å². The van der Waals surface area contributed by atoms with Crippen LogP contribution in [0.1, 0.15) is 11.1 Å². The van der Waals surface area contributed by atoms with Gasteiger partial charge in [-0.2, -0.15) is 13.2 Å². The molecular formula is C19H15F3N2O2. The summed E-state index contributed by atoms with van der Waals surface area (Å²) in [7, 11) is 1.45. The van der Waals surface area contributed by atoms with Gasteiger partial charge < -0.3 is 4.74 Å². The summed E-state index contributed by atoms with van der Waals surface area (Å²) in [5.41, 5.74) is 0.663. The number of pyridine rings is 1. The fraction of sp³-hybridized carbons (Fsp3) is 0.158. The first-order chi connectivity index (χ1) is 12.4. The molecule has 26 heavy (non-hydrogen) atoms. The van der Waals surface area contributed by atoms with E-state index in [-0.39, 0.29) is 12.0 Å². The van der Waals surface area contributed by atoms with Gasteiger partial charge in [0.2, 0.25) is 0 Å². The first kappa shape index (κ1) is 17.7. The molecule has 134 valence electrons. The number of hydrogen-bond donors (Lipinski definition) is 0. The molecule has 0 aliphatic carbocycles. The summed E-state index contributed by atoms with van der Waals surface area (Å²) in [6, 6.07) is 13.8. The average Bonchev–Trinajstić information content (AvgIpc) is 2.64. The molecule has 4 nitrogen and oxygen atoms in total. The Hall–Kier alpha value is -3.09. The van der Waals surface area contributed by atoms with Gasteiger partial charge >= 0.3 is 12.3 Å². The van der Waals surface area contributed by atoms with E-state index in [4.69, 9.17) is 4.74 Å². The van der Waals surface area contributed by atoms with Gasteiger partial charge in [-0.15, -0.1) is 0 Å². The van der Waals surface area contributed by atoms with Gasteiger partial charge in [0, 0.05) is 18.6 Å². The second kappa shape index (κ2) is 7.03. The fourth-order valence-electron chi connectivity index (χ4n) is 2.52. The highest BCUT2D eigenvalue weighted by Crippen LogP contribution is 2.34. The number of halogens is 3. The molecule has 7 heteroatoms. The molecule has 0 atom stereocenters. The number of carbonyl (C=O) groups excluding carboxylic acids is 1. The van der Waals surface area contributed by atoms with Crippen LogP contribution in [0.3, 0.4) is 0 Å². The summed E-state index contributed by atoms with van der Waals surface area (Å²) in [4.78, 5) is 17.5. The van der Waals surface area contributed by atoms with Gasteiger partial charge in [0.25, 0.3) is 0 Å². The molecule has 3 aromatic rings. The zero-order valence-electron chi connectivity index (χ0n) is 13.8. The standard InChI is InChI=1S/C19H15F3N2O2/c1-24(18(25)26-12-13-5-3-2-4-6-13)17-9-10-23-16-8-7-14(11-15(16)17)19(20,21)22/h2-11H,12H2,1H3. The molecule has 0 N–H and O–H groups in total. The van der Waals surface area contributed by atoms with Gasteiger partial charge in [-0.1, -0.05) is 30.3 Å². The van der Waals surface area contributed by atoms with E-state index in [1.54, 1.807) is 0 Å². The molecule has 1 amide bonds. The second-order valence-corrected chi connectivity index (χ2v) is 5.66. The molecule has 0 aliphatic rings. The summed E-state index contributed by atoms with van der Waals surface area (Å²) >= 11 is 0. The minimum absolute atomic E-state index is 0.0703. The Morgan fingerprint density at radius 2 is 1.85 bits per heavy atom. The smallest absolute Gasteiger partial charge is 0.416 e. The van der Waals surface area contributed by atoms with Gasteiger partial charge in [0.1, 0.15) is 6.61 Å². The monoisotopic (exact) mass is 360 g/mol. The van der Waals surface area contributed by atoms with Crippen LogP contribution in [0.2, 0.25) is 0 Å². The van der Waals surface area contributed by atoms with Gasteiger partial charge in [-0.25, -0.2) is 4.79 Å². The van der Waals surface area contributed by atoms with E-state index in [2.05, 4.69) is 4.98 Å². The number of aromatic nitrogens is 1. The highest BCUT2D eigenvalue weighted by molar-refractivity contribution is 6.00. The third-order valence-corrected chi connectivity index (χ3v) is 3.89. The van der Waals surface area contributed by atoms with Crippen LogP contribution < -0.4 is 4.90 Å². The number of benzene rings is 2. The third kappa shape index (κ3) is 3.77. The first-order valence-electron chi connectivity index (χ1n) is 7.76. The van der Waals surface area contributed by atoms with Crippen molar-refractivity contribution < 1.29 is 22.7 Å². The van der Waals surface area contributed by atoms with Crippen molar-refractivity contribution >= 4 is 22.7 Å². The third-order valence-electron chi connectivity index (χ3n) is 3.89. The number of nitrogens with zero attached hydrogens (tertiary/aromatic N) is 2. The van der Waals surface area contributed by atoms with Crippen molar-refractivity contribution in [2.45, 2.75) is 12.8 Å². The van der Waals surface area contributed by atoms with Crippen LogP contribution in [-0.4, -0.2) is 18.1 Å². The SMILES string of the molecule is CN(C(=O)OCc1ccccc1)c1ccnc2ccc(C(F)(F)F)cc12. The number of alkyl halides is 3. The quantitative estimate of drug-likeness (QED) is 0.658. The molecule has 3 rings (SSSR count). The molecule has 0 saturated carbocycles. The van der Waals surface area contributed by atoms with E-state index < -0.39 is 17.8 Å². The van der Waals surface area contributed by atoms with Gasteiger partial charge in [0.05, 0.1) is 16.8 Å². The van der Waals surface area contributed by atoms with Crippen molar-refractivity contribution in [2.24, 2.45) is 0 Å². The van der Waals surface area contributed by atoms with Crippen molar-refractivity contribution in [3.63, 3.8) is 0 Å². The largest absolute Gasteiger partial charge is 0.444 e. The van der Waals surface area contributed by atoms with E-state index in [1.165, 1.54) is 30.3 Å². The summed E-state index contributed by atoms with van der Waals surface area (Å²) in [6.45, 7) is 0.0703. The zero-order valence-corrected chi connectivity index (χ0v) is 13.8. The van der Waals surface area contributed by atoms with Crippen LogP contribution in [0.5, 0.6) is 0 Å². The second-order valence-electron chi connectivity index (χ2n) is 5.66. The molecule has 0 aliphatic heterocycles. The maximum absolute atomic E-state index is 13.0. The Labute approximate surface area is 147 Å². The molecule has 2 aromatic carbocycles. The van der Waals surface area contributed by atoms with E-state index in [9.17, 15) is 18.0 Å². The number of carbonyl (C=O) groups is 1. The maximum atomic E-state index is 13.0. The van der Waals surface area contributed by atoms with Crippen LogP contribution >= 0.6 is 0 Å². The molecule has 0 spiro atoms. The van der Waals surface area contributed by atoms with Crippen molar-refractivity contribution in [2.75, 3.05) is 11.9 Å². The minimum Gasteiger partial charge on any atom is -0.444 e. The molecular weight excluding hydrogens is 345 g/mol. The molecule has 1 heterocycles. The van der Waals surface area contributed by atoms with Gasteiger partial charge in [-0.3, -0.25) is 9.88 Å². The Kier molecular flexibility index (Phi) is 4.79. The lowest BCUT2D eigenvalue weighted by atomic mass is 10.1. The first-order valence-corrected chi connectivity index (χ1v) is 7.76. The van der Waals surface area contributed by atoms with Crippen LogP contribution in [-0.2, 0) is 17.5 Å². The number of amides is 1. The Morgan fingerprint density at radius 3 is 2.54 bits per heavy atom. The number of ether oxygens (including phenoxy) is 1. The lowest BCUT2D eigenvalue weighted by molar-refractivity contribution is -0.137. The number of anilines is 1. The highest BCUT2D eigenvalue weighted by atomic mass is 19.4.